The van der Waals surface area contributed by atoms with Gasteiger partial charge in [-0.05, 0) is 35.6 Å². The number of anilines is 1. The number of carboxylic acids is 1. The van der Waals surface area contributed by atoms with Gasteiger partial charge >= 0.3 is 5.97 Å². The van der Waals surface area contributed by atoms with Gasteiger partial charge in [0.1, 0.15) is 18.2 Å². The fourth-order valence-corrected chi connectivity index (χ4v) is 5.60. The number of carbonyl (C=O) groups excluding carboxylic acids is 1. The number of benzene rings is 2. The monoisotopic (exact) mass is 579 g/mol. The number of rotatable bonds is 7. The van der Waals surface area contributed by atoms with Crippen LogP contribution in [0.5, 0.6) is 0 Å². The molecule has 0 aliphatic carbocycles. The van der Waals surface area contributed by atoms with E-state index in [2.05, 4.69) is 15.7 Å². The van der Waals surface area contributed by atoms with Crippen LogP contribution >= 0.6 is 23.2 Å². The topological polar surface area (TPSA) is 122 Å². The van der Waals surface area contributed by atoms with E-state index in [1.54, 1.807) is 6.07 Å². The molecule has 2 aromatic carbocycles. The molecule has 0 radical (unpaired) electrons. The van der Waals surface area contributed by atoms with Gasteiger partial charge in [0.15, 0.2) is 5.82 Å². The third-order valence-electron chi connectivity index (χ3n) is 6.81. The standard InChI is InChI=1S/C27H29Cl2F2N5O3/c1-26(2,3)12-19-27(32,16-8-7-14(28)11-18(16)30)22(15-5-4-6-17(29)23(15)31)24(33-19)25(39)34-20-9-10-36(35-20)13-21(37)38/h4-11,19,22,24,33H,12-13,32H2,1-3H3,(H,37,38)(H,34,35,39). The Hall–Kier alpha value is -3.05. The third-order valence-corrected chi connectivity index (χ3v) is 7.33. The summed E-state index contributed by atoms with van der Waals surface area (Å²) in [4.78, 5) is 24.7. The number of hydrogen-bond acceptors (Lipinski definition) is 5. The minimum absolute atomic E-state index is 0.0415. The van der Waals surface area contributed by atoms with E-state index in [0.717, 1.165) is 10.7 Å². The van der Waals surface area contributed by atoms with Gasteiger partial charge < -0.3 is 21.5 Å². The number of amides is 1. The summed E-state index contributed by atoms with van der Waals surface area (Å²) in [7, 11) is 0. The maximum atomic E-state index is 15.6. The zero-order chi connectivity index (χ0) is 28.7. The van der Waals surface area contributed by atoms with Crippen LogP contribution in [0.2, 0.25) is 10.0 Å². The first-order valence-electron chi connectivity index (χ1n) is 12.2. The van der Waals surface area contributed by atoms with Gasteiger partial charge in [-0.3, -0.25) is 14.3 Å². The van der Waals surface area contributed by atoms with Crippen molar-refractivity contribution in [3.8, 4) is 0 Å². The van der Waals surface area contributed by atoms with Gasteiger partial charge in [-0.25, -0.2) is 8.78 Å². The van der Waals surface area contributed by atoms with Crippen LogP contribution in [0.4, 0.5) is 14.6 Å². The van der Waals surface area contributed by atoms with Crippen LogP contribution in [0.1, 0.15) is 44.2 Å². The van der Waals surface area contributed by atoms with Crippen molar-refractivity contribution in [3.63, 3.8) is 0 Å². The Balaban J connectivity index is 1.86. The van der Waals surface area contributed by atoms with Crippen molar-refractivity contribution in [1.82, 2.24) is 15.1 Å². The molecule has 208 valence electrons. The molecule has 2 heterocycles. The van der Waals surface area contributed by atoms with E-state index >= 15 is 8.78 Å². The molecule has 1 aliphatic rings. The second kappa shape index (κ2) is 10.8. The quantitative estimate of drug-likeness (QED) is 0.315. The van der Waals surface area contributed by atoms with Crippen molar-refractivity contribution < 1.29 is 23.5 Å². The molecular formula is C27H29Cl2F2N5O3. The molecule has 12 heteroatoms. The summed E-state index contributed by atoms with van der Waals surface area (Å²) in [5, 5.41) is 19.0. The van der Waals surface area contributed by atoms with Crippen molar-refractivity contribution in [3.05, 3.63) is 81.5 Å². The number of aliphatic carboxylic acids is 1. The summed E-state index contributed by atoms with van der Waals surface area (Å²) >= 11 is 12.2. The predicted molar refractivity (Wildman–Crippen MR) is 145 cm³/mol. The SMILES string of the molecule is CC(C)(C)CC1NC(C(=O)Nc2ccn(CC(=O)O)n2)C(c2cccc(Cl)c2F)C1(N)c1ccc(Cl)cc1F. The highest BCUT2D eigenvalue weighted by Gasteiger charge is 2.58. The Morgan fingerprint density at radius 2 is 1.92 bits per heavy atom. The molecule has 0 saturated carbocycles. The van der Waals surface area contributed by atoms with Gasteiger partial charge in [0, 0.05) is 34.8 Å². The predicted octanol–water partition coefficient (Wildman–Crippen LogP) is 4.91. The number of nitrogens with zero attached hydrogens (tertiary/aromatic N) is 2. The van der Waals surface area contributed by atoms with Crippen LogP contribution < -0.4 is 16.4 Å². The first-order chi connectivity index (χ1) is 18.2. The first kappa shape index (κ1) is 28.9. The van der Waals surface area contributed by atoms with Crippen LogP contribution in [0.25, 0.3) is 0 Å². The van der Waals surface area contributed by atoms with Gasteiger partial charge in [0.05, 0.1) is 16.6 Å². The van der Waals surface area contributed by atoms with E-state index in [1.165, 1.54) is 36.5 Å². The summed E-state index contributed by atoms with van der Waals surface area (Å²) < 4.78 is 32.3. The lowest BCUT2D eigenvalue weighted by atomic mass is 9.68. The van der Waals surface area contributed by atoms with E-state index < -0.39 is 53.6 Å². The number of nitrogens with two attached hydrogens (primary N) is 1. The minimum atomic E-state index is -1.61. The Morgan fingerprint density at radius 1 is 1.21 bits per heavy atom. The van der Waals surface area contributed by atoms with Crippen LogP contribution in [0, 0.1) is 17.0 Å². The number of halogens is 4. The molecule has 4 atom stereocenters. The van der Waals surface area contributed by atoms with Crippen molar-refractivity contribution >= 4 is 40.9 Å². The Kier molecular flexibility index (Phi) is 8.05. The molecule has 4 unspecified atom stereocenters. The summed E-state index contributed by atoms with van der Waals surface area (Å²) in [5.41, 5.74) is 5.32. The lowest BCUT2D eigenvalue weighted by Crippen LogP contribution is -2.52. The highest BCUT2D eigenvalue weighted by atomic mass is 35.5. The molecule has 0 spiro atoms. The van der Waals surface area contributed by atoms with Crippen LogP contribution in [-0.2, 0) is 21.7 Å². The van der Waals surface area contributed by atoms with E-state index in [9.17, 15) is 9.59 Å². The van der Waals surface area contributed by atoms with E-state index in [-0.39, 0.29) is 32.4 Å². The molecule has 1 saturated heterocycles. The van der Waals surface area contributed by atoms with Crippen LogP contribution in [0.15, 0.2) is 48.7 Å². The van der Waals surface area contributed by atoms with Crippen molar-refractivity contribution in [2.24, 2.45) is 11.1 Å². The molecule has 1 fully saturated rings. The Morgan fingerprint density at radius 3 is 2.56 bits per heavy atom. The maximum Gasteiger partial charge on any atom is 0.325 e. The average molecular weight is 580 g/mol. The van der Waals surface area contributed by atoms with E-state index in [4.69, 9.17) is 34.0 Å². The van der Waals surface area contributed by atoms with Gasteiger partial charge in [0.25, 0.3) is 0 Å². The van der Waals surface area contributed by atoms with Gasteiger partial charge in [-0.2, -0.15) is 5.10 Å². The molecular weight excluding hydrogens is 551 g/mol. The fraction of sp³-hybridized carbons (Fsp3) is 0.370. The van der Waals surface area contributed by atoms with Gasteiger partial charge in [-0.15, -0.1) is 0 Å². The number of nitrogens with one attached hydrogen (secondary N) is 2. The lowest BCUT2D eigenvalue weighted by Gasteiger charge is -2.40. The molecule has 4 rings (SSSR count). The average Bonchev–Trinajstić information content (AvgIpc) is 3.36. The zero-order valence-corrected chi connectivity index (χ0v) is 23.0. The maximum absolute atomic E-state index is 15.6. The number of hydrogen-bond donors (Lipinski definition) is 4. The number of aromatic nitrogens is 2. The number of carboxylic acid groups (broad SMARTS) is 1. The highest BCUT2D eigenvalue weighted by Crippen LogP contribution is 2.50. The molecule has 1 aromatic heterocycles. The van der Waals surface area contributed by atoms with Crippen LogP contribution in [0.3, 0.4) is 0 Å². The molecule has 1 amide bonds. The molecule has 39 heavy (non-hydrogen) atoms. The van der Waals surface area contributed by atoms with E-state index in [0.29, 0.717) is 6.42 Å². The second-order valence-electron chi connectivity index (χ2n) is 10.9. The third kappa shape index (κ3) is 5.94. The Bertz CT molecular complexity index is 1410. The second-order valence-corrected chi connectivity index (χ2v) is 11.8. The molecule has 1 aliphatic heterocycles. The summed E-state index contributed by atoms with van der Waals surface area (Å²) in [6.45, 7) is 5.53. The summed E-state index contributed by atoms with van der Waals surface area (Å²) in [6.07, 6.45) is 1.81. The van der Waals surface area contributed by atoms with Gasteiger partial charge in [0.2, 0.25) is 5.91 Å². The molecule has 3 aromatic rings. The van der Waals surface area contributed by atoms with Crippen molar-refractivity contribution in [2.75, 3.05) is 5.32 Å². The summed E-state index contributed by atoms with van der Waals surface area (Å²) in [5.74, 6) is -4.19. The molecule has 5 N–H and O–H groups in total. The first-order valence-corrected chi connectivity index (χ1v) is 13.0. The van der Waals surface area contributed by atoms with Crippen molar-refractivity contribution in [1.29, 1.82) is 0 Å². The highest BCUT2D eigenvalue weighted by molar-refractivity contribution is 6.31. The van der Waals surface area contributed by atoms with Crippen LogP contribution in [-0.4, -0.2) is 38.8 Å². The lowest BCUT2D eigenvalue weighted by molar-refractivity contribution is -0.137. The van der Waals surface area contributed by atoms with Crippen molar-refractivity contribution in [2.45, 2.75) is 57.3 Å². The van der Waals surface area contributed by atoms with E-state index in [1.807, 2.05) is 20.8 Å². The molecule has 8 nitrogen and oxygen atoms in total. The minimum Gasteiger partial charge on any atom is -0.480 e. The largest absolute Gasteiger partial charge is 0.480 e. The van der Waals surface area contributed by atoms with Gasteiger partial charge in [-0.1, -0.05) is 62.2 Å². The number of carbonyl (C=O) groups is 2. The molecule has 0 bridgehead atoms. The zero-order valence-electron chi connectivity index (χ0n) is 21.5. The normalized spacial score (nSPS) is 23.1. The summed E-state index contributed by atoms with van der Waals surface area (Å²) in [6, 6.07) is 8.09. The smallest absolute Gasteiger partial charge is 0.325 e. The fourth-order valence-electron chi connectivity index (χ4n) is 5.26. The Labute approximate surface area is 234 Å².